The minimum Gasteiger partial charge on any atom is -0.454 e. The Labute approximate surface area is 231 Å². The molecule has 0 unspecified atom stereocenters. The monoisotopic (exact) mass is 579 g/mol. The minimum absolute atomic E-state index is 0.174. The summed E-state index contributed by atoms with van der Waals surface area (Å²) in [5.41, 5.74) is 1.82. The van der Waals surface area contributed by atoms with Crippen LogP contribution >= 0.6 is 11.3 Å². The molecule has 0 radical (unpaired) electrons. The van der Waals surface area contributed by atoms with Crippen molar-refractivity contribution in [3.63, 3.8) is 0 Å². The molecule has 0 bridgehead atoms. The Balaban J connectivity index is 1.38. The van der Waals surface area contributed by atoms with Crippen molar-refractivity contribution in [1.82, 2.24) is 8.98 Å². The molecule has 0 aliphatic carbocycles. The molecule has 0 atom stereocenters. The summed E-state index contributed by atoms with van der Waals surface area (Å²) >= 11 is 1.30. The molecule has 14 heteroatoms. The predicted octanol–water partition coefficient (Wildman–Crippen LogP) is 4.60. The maximum absolute atomic E-state index is 13.0. The van der Waals surface area contributed by atoms with Gasteiger partial charge in [-0.1, -0.05) is 18.2 Å². The van der Waals surface area contributed by atoms with Gasteiger partial charge in [-0.3, -0.25) is 10.1 Å². The maximum Gasteiger partial charge on any atom is 0.433 e. The second-order valence-electron chi connectivity index (χ2n) is 8.66. The number of rotatable bonds is 7. The highest BCUT2D eigenvalue weighted by atomic mass is 32.2. The minimum atomic E-state index is -3.63. The number of hydrogen-bond donors (Lipinski definition) is 0. The van der Waals surface area contributed by atoms with Gasteiger partial charge in [-0.2, -0.15) is 9.41 Å². The van der Waals surface area contributed by atoms with E-state index < -0.39 is 20.8 Å². The van der Waals surface area contributed by atoms with E-state index >= 15 is 0 Å². The van der Waals surface area contributed by atoms with E-state index in [1.807, 2.05) is 35.7 Å². The molecule has 0 amide bonds. The molecule has 1 aliphatic rings. The lowest BCUT2D eigenvalue weighted by Crippen LogP contribution is -2.40. The van der Waals surface area contributed by atoms with E-state index in [9.17, 15) is 18.5 Å². The molecule has 12 nitrogen and oxygen atoms in total. The number of furan rings is 2. The number of aromatic nitrogens is 1. The normalized spacial score (nSPS) is 15.3. The summed E-state index contributed by atoms with van der Waals surface area (Å²) in [5.74, 6) is 0.337. The number of thiazole rings is 1. The zero-order valence-corrected chi connectivity index (χ0v) is 22.4. The standard InChI is InChI=1S/C26H21N5O7S2/c32-31(33)25-10-7-20(37-25)16-27-30-22(24-15-18-3-1-2-4-23(18)38-24)17-39-26(30)28-19-5-8-21(9-6-19)40(34,35)29-11-13-36-14-12-29/h1-10,15-17H,11-14H2. The predicted molar refractivity (Wildman–Crippen MR) is 147 cm³/mol. The fraction of sp³-hybridized carbons (Fsp3) is 0.154. The van der Waals surface area contributed by atoms with E-state index in [1.54, 1.807) is 12.1 Å². The smallest absolute Gasteiger partial charge is 0.433 e. The summed E-state index contributed by atoms with van der Waals surface area (Å²) in [4.78, 5) is 15.7. The van der Waals surface area contributed by atoms with Crippen molar-refractivity contribution in [3.8, 4) is 11.5 Å². The molecule has 2 aromatic carbocycles. The van der Waals surface area contributed by atoms with E-state index in [0.29, 0.717) is 53.8 Å². The van der Waals surface area contributed by atoms with Crippen molar-refractivity contribution in [2.75, 3.05) is 26.3 Å². The van der Waals surface area contributed by atoms with Crippen LogP contribution in [-0.4, -0.2) is 54.8 Å². The lowest BCUT2D eigenvalue weighted by atomic mass is 10.2. The fourth-order valence-corrected chi connectivity index (χ4v) is 6.38. The Morgan fingerprint density at radius 1 is 1.00 bits per heavy atom. The van der Waals surface area contributed by atoms with Gasteiger partial charge >= 0.3 is 5.88 Å². The average Bonchev–Trinajstić information content (AvgIpc) is 3.71. The number of sulfonamides is 1. The van der Waals surface area contributed by atoms with Crippen LogP contribution in [0.2, 0.25) is 0 Å². The molecule has 40 heavy (non-hydrogen) atoms. The Bertz CT molecular complexity index is 1860. The molecule has 4 heterocycles. The van der Waals surface area contributed by atoms with Crippen LogP contribution in [0.25, 0.3) is 22.4 Å². The number of nitrogens with zero attached hydrogens (tertiary/aromatic N) is 5. The van der Waals surface area contributed by atoms with Crippen LogP contribution in [0, 0.1) is 10.1 Å². The number of hydrogen-bond acceptors (Lipinski definition) is 10. The average molecular weight is 580 g/mol. The van der Waals surface area contributed by atoms with Crippen molar-refractivity contribution >= 4 is 50.1 Å². The lowest BCUT2D eigenvalue weighted by Gasteiger charge is -2.26. The van der Waals surface area contributed by atoms with Crippen molar-refractivity contribution in [3.05, 3.63) is 92.8 Å². The Morgan fingerprint density at radius 2 is 1.77 bits per heavy atom. The van der Waals surface area contributed by atoms with Crippen LogP contribution in [0.5, 0.6) is 0 Å². The van der Waals surface area contributed by atoms with Gasteiger partial charge in [0.2, 0.25) is 14.8 Å². The van der Waals surface area contributed by atoms with E-state index in [0.717, 1.165) is 5.39 Å². The van der Waals surface area contributed by atoms with Crippen LogP contribution in [0.4, 0.5) is 11.6 Å². The summed E-state index contributed by atoms with van der Waals surface area (Å²) in [6, 6.07) is 18.4. The van der Waals surface area contributed by atoms with E-state index in [-0.39, 0.29) is 10.7 Å². The molecule has 3 aromatic heterocycles. The first kappa shape index (κ1) is 25.9. The number of ether oxygens (including phenoxy) is 1. The Morgan fingerprint density at radius 3 is 2.50 bits per heavy atom. The van der Waals surface area contributed by atoms with Gasteiger partial charge in [0.05, 0.1) is 36.1 Å². The third-order valence-corrected chi connectivity index (χ3v) is 8.85. The summed E-state index contributed by atoms with van der Waals surface area (Å²) in [5, 5.41) is 18.2. The van der Waals surface area contributed by atoms with E-state index in [1.165, 1.54) is 50.8 Å². The summed E-state index contributed by atoms with van der Waals surface area (Å²) in [6.45, 7) is 1.35. The molecule has 6 rings (SSSR count). The van der Waals surface area contributed by atoms with Gasteiger partial charge in [0, 0.05) is 23.9 Å². The third kappa shape index (κ3) is 5.12. The quantitative estimate of drug-likeness (QED) is 0.156. The molecule has 204 valence electrons. The van der Waals surface area contributed by atoms with Crippen molar-refractivity contribution < 1.29 is 26.9 Å². The highest BCUT2D eigenvalue weighted by molar-refractivity contribution is 7.89. The molecule has 5 aromatic rings. The first-order valence-electron chi connectivity index (χ1n) is 12.1. The van der Waals surface area contributed by atoms with Gasteiger partial charge in [-0.25, -0.2) is 18.1 Å². The van der Waals surface area contributed by atoms with Gasteiger partial charge in [-0.05, 0) is 42.5 Å². The first-order valence-corrected chi connectivity index (χ1v) is 14.4. The number of fused-ring (bicyclic) bond motifs is 1. The fourth-order valence-electron chi connectivity index (χ4n) is 4.13. The van der Waals surface area contributed by atoms with Crippen LogP contribution in [-0.2, 0) is 14.8 Å². The maximum atomic E-state index is 13.0. The molecule has 1 fully saturated rings. The largest absolute Gasteiger partial charge is 0.454 e. The van der Waals surface area contributed by atoms with Crippen LogP contribution in [0.1, 0.15) is 5.76 Å². The van der Waals surface area contributed by atoms with Crippen molar-refractivity contribution in [1.29, 1.82) is 0 Å². The van der Waals surface area contributed by atoms with Gasteiger partial charge in [0.25, 0.3) is 0 Å². The van der Waals surface area contributed by atoms with Crippen molar-refractivity contribution in [2.24, 2.45) is 10.1 Å². The molecular weight excluding hydrogens is 558 g/mol. The zero-order valence-electron chi connectivity index (χ0n) is 20.7. The molecule has 0 spiro atoms. The summed E-state index contributed by atoms with van der Waals surface area (Å²) in [7, 11) is -3.63. The van der Waals surface area contributed by atoms with Gasteiger partial charge in [-0.15, -0.1) is 11.3 Å². The topological polar surface area (TPSA) is 146 Å². The third-order valence-electron chi connectivity index (χ3n) is 6.13. The Hall–Kier alpha value is -4.37. The zero-order chi connectivity index (χ0) is 27.7. The number of benzene rings is 2. The molecular formula is C26H21N5O7S2. The van der Waals surface area contributed by atoms with Crippen molar-refractivity contribution in [2.45, 2.75) is 4.90 Å². The molecule has 0 N–H and O–H groups in total. The Kier molecular flexibility index (Phi) is 6.89. The van der Waals surface area contributed by atoms with Gasteiger partial charge in [0.1, 0.15) is 16.2 Å². The number of nitro groups is 1. The molecule has 1 saturated heterocycles. The van der Waals surface area contributed by atoms with Gasteiger partial charge < -0.3 is 13.6 Å². The summed E-state index contributed by atoms with van der Waals surface area (Å²) < 4.78 is 45.4. The van der Waals surface area contributed by atoms with E-state index in [4.69, 9.17) is 13.6 Å². The highest BCUT2D eigenvalue weighted by Gasteiger charge is 2.26. The second kappa shape index (κ2) is 10.7. The SMILES string of the molecule is O=[N+]([O-])c1ccc(C=Nn2c(-c3cc4ccccc4o3)csc2=Nc2ccc(S(=O)(=O)N3CCOCC3)cc2)o1. The van der Waals surface area contributed by atoms with Gasteiger partial charge in [0.15, 0.2) is 11.5 Å². The number of para-hydroxylation sites is 1. The molecule has 1 aliphatic heterocycles. The lowest BCUT2D eigenvalue weighted by molar-refractivity contribution is -0.402. The summed E-state index contributed by atoms with van der Waals surface area (Å²) in [6.07, 6.45) is 1.35. The molecule has 0 saturated carbocycles. The highest BCUT2D eigenvalue weighted by Crippen LogP contribution is 2.29. The van der Waals surface area contributed by atoms with Crippen LogP contribution in [0.3, 0.4) is 0 Å². The van der Waals surface area contributed by atoms with Crippen LogP contribution in [0.15, 0.2) is 95.9 Å². The van der Waals surface area contributed by atoms with E-state index in [2.05, 4.69) is 10.1 Å². The first-order chi connectivity index (χ1) is 19.4. The second-order valence-corrected chi connectivity index (χ2v) is 11.4. The van der Waals surface area contributed by atoms with Crippen LogP contribution < -0.4 is 4.80 Å². The number of morpholine rings is 1.